The van der Waals surface area contributed by atoms with Crippen LogP contribution < -0.4 is 5.32 Å². The Labute approximate surface area is 105 Å². The topological polar surface area (TPSA) is 12.0 Å². The van der Waals surface area contributed by atoms with Gasteiger partial charge in [0.1, 0.15) is 5.82 Å². The molecule has 1 aromatic rings. The van der Waals surface area contributed by atoms with Crippen LogP contribution >= 0.6 is 15.9 Å². The highest BCUT2D eigenvalue weighted by Gasteiger charge is 2.14. The van der Waals surface area contributed by atoms with Gasteiger partial charge in [0.2, 0.25) is 0 Å². The van der Waals surface area contributed by atoms with Gasteiger partial charge in [0.25, 0.3) is 0 Å². The zero-order valence-electron chi connectivity index (χ0n) is 9.31. The van der Waals surface area contributed by atoms with Crippen molar-refractivity contribution in [1.29, 1.82) is 0 Å². The van der Waals surface area contributed by atoms with Crippen LogP contribution in [0, 0.1) is 11.7 Å². The van der Waals surface area contributed by atoms with Gasteiger partial charge in [-0.3, -0.25) is 0 Å². The summed E-state index contributed by atoms with van der Waals surface area (Å²) in [5, 5.41) is 3.42. The van der Waals surface area contributed by atoms with Crippen LogP contribution in [-0.2, 0) is 6.54 Å². The monoisotopic (exact) mass is 285 g/mol. The third-order valence-electron chi connectivity index (χ3n) is 3.25. The van der Waals surface area contributed by atoms with Gasteiger partial charge < -0.3 is 5.32 Å². The average Bonchev–Trinajstić information content (AvgIpc) is 2.77. The number of nitrogens with one attached hydrogen (secondary N) is 1. The van der Waals surface area contributed by atoms with E-state index in [-0.39, 0.29) is 5.82 Å². The Bertz CT molecular complexity index is 348. The molecule has 3 heteroatoms. The molecule has 0 atom stereocenters. The predicted octanol–water partition coefficient (Wildman–Crippen LogP) is 3.87. The van der Waals surface area contributed by atoms with Crippen LogP contribution in [0.3, 0.4) is 0 Å². The maximum atomic E-state index is 13.2. The summed E-state index contributed by atoms with van der Waals surface area (Å²) in [5.41, 5.74) is 0.998. The summed E-state index contributed by atoms with van der Waals surface area (Å²) in [5.74, 6) is 0.646. The second-order valence-electron chi connectivity index (χ2n) is 4.49. The Hall–Kier alpha value is -0.410. The molecule has 1 aromatic carbocycles. The van der Waals surface area contributed by atoms with Gasteiger partial charge in [-0.25, -0.2) is 4.39 Å². The second-order valence-corrected chi connectivity index (χ2v) is 5.29. The first-order valence-electron chi connectivity index (χ1n) is 5.91. The lowest BCUT2D eigenvalue weighted by Crippen LogP contribution is -2.21. The van der Waals surface area contributed by atoms with Crippen LogP contribution in [0.4, 0.5) is 4.39 Å². The van der Waals surface area contributed by atoms with Crippen molar-refractivity contribution in [1.82, 2.24) is 5.32 Å². The highest BCUT2D eigenvalue weighted by molar-refractivity contribution is 9.10. The smallest absolute Gasteiger partial charge is 0.137 e. The van der Waals surface area contributed by atoms with E-state index in [1.807, 2.05) is 6.07 Å². The van der Waals surface area contributed by atoms with Gasteiger partial charge in [0.05, 0.1) is 4.47 Å². The maximum Gasteiger partial charge on any atom is 0.137 e. The fraction of sp³-hybridized carbons (Fsp3) is 0.538. The predicted molar refractivity (Wildman–Crippen MR) is 67.8 cm³/mol. The summed E-state index contributed by atoms with van der Waals surface area (Å²) in [4.78, 5) is 0. The molecule has 1 N–H and O–H groups in total. The van der Waals surface area contributed by atoms with Crippen molar-refractivity contribution in [3.8, 4) is 0 Å². The molecule has 0 heterocycles. The molecule has 1 saturated carbocycles. The molecule has 2 rings (SSSR count). The molecule has 0 bridgehead atoms. The Morgan fingerprint density at radius 1 is 1.31 bits per heavy atom. The first kappa shape index (κ1) is 12.1. The van der Waals surface area contributed by atoms with Crippen LogP contribution in [0.2, 0.25) is 0 Å². The molecule has 88 valence electrons. The van der Waals surface area contributed by atoms with E-state index in [1.54, 1.807) is 6.07 Å². The van der Waals surface area contributed by atoms with Gasteiger partial charge in [0.15, 0.2) is 0 Å². The zero-order chi connectivity index (χ0) is 11.4. The van der Waals surface area contributed by atoms with Crippen molar-refractivity contribution in [3.05, 3.63) is 34.1 Å². The first-order chi connectivity index (χ1) is 7.77. The summed E-state index contributed by atoms with van der Waals surface area (Å²) in [6, 6.07) is 5.19. The first-order valence-corrected chi connectivity index (χ1v) is 6.70. The lowest BCUT2D eigenvalue weighted by atomic mass is 10.1. The second kappa shape index (κ2) is 5.78. The van der Waals surface area contributed by atoms with Crippen molar-refractivity contribution in [2.24, 2.45) is 5.92 Å². The fourth-order valence-corrected chi connectivity index (χ4v) is 2.71. The van der Waals surface area contributed by atoms with Crippen molar-refractivity contribution < 1.29 is 4.39 Å². The van der Waals surface area contributed by atoms with E-state index in [0.717, 1.165) is 24.6 Å². The van der Waals surface area contributed by atoms with Gasteiger partial charge in [-0.05, 0) is 52.9 Å². The van der Waals surface area contributed by atoms with Crippen molar-refractivity contribution >= 4 is 15.9 Å². The Morgan fingerprint density at radius 2 is 2.06 bits per heavy atom. The van der Waals surface area contributed by atoms with E-state index in [9.17, 15) is 4.39 Å². The van der Waals surface area contributed by atoms with E-state index < -0.39 is 0 Å². The minimum absolute atomic E-state index is 0.180. The SMILES string of the molecule is Fc1cccc(CNCC2CCCC2)c1Br. The highest BCUT2D eigenvalue weighted by atomic mass is 79.9. The largest absolute Gasteiger partial charge is 0.312 e. The molecular weight excluding hydrogens is 269 g/mol. The van der Waals surface area contributed by atoms with Gasteiger partial charge in [0, 0.05) is 6.54 Å². The quantitative estimate of drug-likeness (QED) is 0.886. The Balaban J connectivity index is 1.82. The van der Waals surface area contributed by atoms with Gasteiger partial charge in [-0.2, -0.15) is 0 Å². The standard InChI is InChI=1S/C13H17BrFN/c14-13-11(6-3-7-12(13)15)9-16-8-10-4-1-2-5-10/h3,6-7,10,16H,1-2,4-5,8-9H2. The van der Waals surface area contributed by atoms with Crippen molar-refractivity contribution in [2.75, 3.05) is 6.54 Å². The molecule has 0 saturated heterocycles. The Kier molecular flexibility index (Phi) is 4.36. The molecule has 1 nitrogen and oxygen atoms in total. The third kappa shape index (κ3) is 3.05. The van der Waals surface area contributed by atoms with Gasteiger partial charge >= 0.3 is 0 Å². The van der Waals surface area contributed by atoms with Crippen LogP contribution in [0.5, 0.6) is 0 Å². The Morgan fingerprint density at radius 3 is 2.81 bits per heavy atom. The third-order valence-corrected chi connectivity index (χ3v) is 4.14. The number of benzene rings is 1. The lowest BCUT2D eigenvalue weighted by Gasteiger charge is -2.11. The molecule has 0 unspecified atom stereocenters. The molecule has 1 aliphatic rings. The molecule has 0 amide bonds. The molecule has 0 aromatic heterocycles. The number of rotatable bonds is 4. The summed E-state index contributed by atoms with van der Waals surface area (Å²) in [6.07, 6.45) is 5.43. The zero-order valence-corrected chi connectivity index (χ0v) is 10.9. The molecular formula is C13H17BrFN. The summed E-state index contributed by atoms with van der Waals surface area (Å²) in [7, 11) is 0. The minimum atomic E-state index is -0.180. The van der Waals surface area contributed by atoms with E-state index in [2.05, 4.69) is 21.2 Å². The van der Waals surface area contributed by atoms with E-state index in [0.29, 0.717) is 4.47 Å². The van der Waals surface area contributed by atoms with Crippen LogP contribution in [0.15, 0.2) is 22.7 Å². The molecule has 1 fully saturated rings. The number of hydrogen-bond acceptors (Lipinski definition) is 1. The number of halogens is 2. The maximum absolute atomic E-state index is 13.2. The molecule has 1 aliphatic carbocycles. The van der Waals surface area contributed by atoms with E-state index in [4.69, 9.17) is 0 Å². The molecule has 0 aliphatic heterocycles. The summed E-state index contributed by atoms with van der Waals surface area (Å²) in [6.45, 7) is 1.80. The summed E-state index contributed by atoms with van der Waals surface area (Å²) < 4.78 is 13.8. The number of hydrogen-bond donors (Lipinski definition) is 1. The molecule has 0 radical (unpaired) electrons. The van der Waals surface area contributed by atoms with Crippen LogP contribution in [0.1, 0.15) is 31.2 Å². The lowest BCUT2D eigenvalue weighted by molar-refractivity contribution is 0.488. The summed E-state index contributed by atoms with van der Waals surface area (Å²) >= 11 is 3.28. The molecule has 16 heavy (non-hydrogen) atoms. The van der Waals surface area contributed by atoms with Crippen molar-refractivity contribution in [2.45, 2.75) is 32.2 Å². The van der Waals surface area contributed by atoms with Crippen LogP contribution in [-0.4, -0.2) is 6.54 Å². The fourth-order valence-electron chi connectivity index (χ4n) is 2.31. The van der Waals surface area contributed by atoms with Crippen LogP contribution in [0.25, 0.3) is 0 Å². The average molecular weight is 286 g/mol. The molecule has 0 spiro atoms. The normalized spacial score (nSPS) is 16.9. The minimum Gasteiger partial charge on any atom is -0.312 e. The highest BCUT2D eigenvalue weighted by Crippen LogP contribution is 2.24. The van der Waals surface area contributed by atoms with E-state index >= 15 is 0 Å². The van der Waals surface area contributed by atoms with E-state index in [1.165, 1.54) is 31.7 Å². The van der Waals surface area contributed by atoms with Gasteiger partial charge in [-0.15, -0.1) is 0 Å². The van der Waals surface area contributed by atoms with Gasteiger partial charge in [-0.1, -0.05) is 25.0 Å². The van der Waals surface area contributed by atoms with Crippen molar-refractivity contribution in [3.63, 3.8) is 0 Å².